The monoisotopic (exact) mass is 400 g/mol. The lowest BCUT2D eigenvalue weighted by Crippen LogP contribution is -2.68. The van der Waals surface area contributed by atoms with Crippen LogP contribution in [-0.4, -0.2) is 0 Å². The maximum absolute atomic E-state index is 8.49. The zero-order valence-electron chi connectivity index (χ0n) is 14.3. The van der Waals surface area contributed by atoms with E-state index in [2.05, 4.69) is 78.9 Å². The highest BCUT2D eigenvalue weighted by Crippen LogP contribution is 2.58. The predicted octanol–water partition coefficient (Wildman–Crippen LogP) is -0.132. The van der Waals surface area contributed by atoms with Crippen LogP contribution in [0.1, 0.15) is 27.8 Å². The highest BCUT2D eigenvalue weighted by molar-refractivity contribution is 7.97. The van der Waals surface area contributed by atoms with Crippen LogP contribution in [0.2, 0.25) is 0 Å². The summed E-state index contributed by atoms with van der Waals surface area (Å²) in [5.74, 6) is 2.44. The molecule has 0 unspecified atom stereocenters. The zero-order chi connectivity index (χ0) is 19.1. The highest BCUT2D eigenvalue weighted by Gasteiger charge is 2.62. The second-order valence-electron chi connectivity index (χ2n) is 6.52. The summed E-state index contributed by atoms with van der Waals surface area (Å²) in [6.45, 7) is 0. The van der Waals surface area contributed by atoms with Gasteiger partial charge in [-0.15, -0.1) is 10.2 Å². The first-order valence-corrected chi connectivity index (χ1v) is 11.2. The van der Waals surface area contributed by atoms with E-state index in [-0.39, 0.29) is 4.75 Å². The van der Waals surface area contributed by atoms with Gasteiger partial charge in [0.2, 0.25) is 4.75 Å². The Balaban J connectivity index is 0.000000323. The number of fused-ring (bicyclic) bond motifs is 5. The fraction of sp³-hybridized carbons (Fsp3) is 0.143. The molecule has 2 heterocycles. The molecule has 0 saturated heterocycles. The number of hydrogen-bond acceptors (Lipinski definition) is 4. The molecule has 5 rings (SSSR count). The summed E-state index contributed by atoms with van der Waals surface area (Å²) < 4.78 is 34.1. The van der Waals surface area contributed by atoms with Crippen molar-refractivity contribution in [3.63, 3.8) is 0 Å². The van der Waals surface area contributed by atoms with E-state index in [9.17, 15) is 0 Å². The van der Waals surface area contributed by atoms with E-state index >= 15 is 0 Å². The Hall–Kier alpha value is -1.86. The summed E-state index contributed by atoms with van der Waals surface area (Å²) >= 11 is 0. The third kappa shape index (κ3) is 3.27. The first-order chi connectivity index (χ1) is 12.9. The van der Waals surface area contributed by atoms with Gasteiger partial charge in [-0.05, 0) is 0 Å². The van der Waals surface area contributed by atoms with Crippen LogP contribution < -0.4 is 18.6 Å². The summed E-state index contributed by atoms with van der Waals surface area (Å²) in [6, 6.07) is 29.3. The van der Waals surface area contributed by atoms with Gasteiger partial charge in [-0.2, -0.15) is 0 Å². The normalized spacial score (nSPS) is 22.3. The van der Waals surface area contributed by atoms with Gasteiger partial charge in [0.15, 0.2) is 0 Å². The first kappa shape index (κ1) is 18.5. The fourth-order valence-electron chi connectivity index (χ4n) is 4.23. The van der Waals surface area contributed by atoms with Crippen LogP contribution in [0.15, 0.2) is 78.9 Å². The molecule has 6 heteroatoms. The number of halogens is 1. The molecule has 0 N–H and O–H groups in total. The molecule has 0 bridgehead atoms. The van der Waals surface area contributed by atoms with Crippen molar-refractivity contribution in [1.29, 1.82) is 0 Å². The van der Waals surface area contributed by atoms with Gasteiger partial charge in [0.25, 0.3) is 0 Å². The van der Waals surface area contributed by atoms with E-state index in [4.69, 9.17) is 18.6 Å². The molecular weight excluding hydrogens is 384 g/mol. The maximum atomic E-state index is 8.49. The number of benzene rings is 3. The highest BCUT2D eigenvalue weighted by atomic mass is 35.7. The van der Waals surface area contributed by atoms with Crippen LogP contribution in [0.25, 0.3) is 0 Å². The predicted molar refractivity (Wildman–Crippen MR) is 94.0 cm³/mol. The Labute approximate surface area is 162 Å². The average molecular weight is 401 g/mol. The zero-order valence-corrected chi connectivity index (χ0v) is 15.9. The lowest BCUT2D eigenvalue weighted by atomic mass is 9.81. The molecule has 0 radical (unpaired) electrons. The van der Waals surface area contributed by atoms with Gasteiger partial charge in [0.05, 0.1) is 0 Å². The molecule has 138 valence electrons. The van der Waals surface area contributed by atoms with Crippen molar-refractivity contribution in [3.05, 3.63) is 107 Å². The molecule has 0 aliphatic carbocycles. The van der Waals surface area contributed by atoms with Crippen molar-refractivity contribution in [1.82, 2.24) is 0 Å². The molecule has 0 atom stereocenters. The second kappa shape index (κ2) is 6.95. The van der Waals surface area contributed by atoms with E-state index in [1.165, 1.54) is 28.2 Å². The van der Waals surface area contributed by atoms with E-state index in [1.54, 1.807) is 11.1 Å². The Morgan fingerprint density at radius 3 is 1.52 bits per heavy atom. The van der Waals surface area contributed by atoms with Crippen LogP contribution in [0.5, 0.6) is 0 Å². The van der Waals surface area contributed by atoms with Crippen LogP contribution in [0.4, 0.5) is 0 Å². The molecule has 0 saturated carbocycles. The smallest absolute Gasteiger partial charge is 0.204 e. The summed E-state index contributed by atoms with van der Waals surface area (Å²) in [5, 5.41) is 0. The summed E-state index contributed by atoms with van der Waals surface area (Å²) in [7, 11) is -4.61. The van der Waals surface area contributed by atoms with E-state index in [1.807, 2.05) is 0 Å². The van der Waals surface area contributed by atoms with E-state index in [0.717, 1.165) is 0 Å². The average Bonchev–Trinajstić information content (AvgIpc) is 3.12. The van der Waals surface area contributed by atoms with Crippen LogP contribution in [0, 0.1) is 10.2 Å². The minimum absolute atomic E-state index is 0.0917. The van der Waals surface area contributed by atoms with Gasteiger partial charge >= 0.3 is 0 Å². The molecule has 27 heavy (non-hydrogen) atoms. The van der Waals surface area contributed by atoms with Gasteiger partial charge in [0.1, 0.15) is 11.5 Å². The Kier molecular flexibility index (Phi) is 4.76. The Morgan fingerprint density at radius 2 is 1.04 bits per heavy atom. The third-order valence-corrected chi connectivity index (χ3v) is 7.93. The van der Waals surface area contributed by atoms with Crippen molar-refractivity contribution in [3.8, 4) is 0 Å². The minimum Gasteiger partial charge on any atom is -0.222 e. The first-order valence-electron chi connectivity index (χ1n) is 8.42. The van der Waals surface area contributed by atoms with Crippen molar-refractivity contribution in [2.75, 3.05) is 0 Å². The molecule has 0 spiro atoms. The minimum atomic E-state index is -4.94. The molecule has 2 aliphatic heterocycles. The van der Waals surface area contributed by atoms with Crippen LogP contribution >= 0.6 is 0 Å². The Morgan fingerprint density at radius 1 is 0.630 bits per heavy atom. The summed E-state index contributed by atoms with van der Waals surface area (Å²) in [5.41, 5.74) is 7.63. The fourth-order valence-corrected chi connectivity index (χ4v) is 7.51. The van der Waals surface area contributed by atoms with Crippen molar-refractivity contribution >= 4 is 10.9 Å². The van der Waals surface area contributed by atoms with Gasteiger partial charge in [-0.25, -0.2) is 18.6 Å². The van der Waals surface area contributed by atoms with Gasteiger partial charge in [-0.1, -0.05) is 78.9 Å². The quantitative estimate of drug-likeness (QED) is 0.532. The van der Waals surface area contributed by atoms with E-state index in [0.29, 0.717) is 10.9 Å². The number of rotatable bonds is 1. The molecule has 0 aromatic heterocycles. The summed E-state index contributed by atoms with van der Waals surface area (Å²) in [4.78, 5) is 0. The largest absolute Gasteiger partial charge is 0.222 e. The summed E-state index contributed by atoms with van der Waals surface area (Å²) in [6.07, 6.45) is 0. The molecule has 3 aromatic carbocycles. The van der Waals surface area contributed by atoms with E-state index < -0.39 is 10.2 Å². The van der Waals surface area contributed by atoms with Gasteiger partial charge < -0.3 is 0 Å². The molecule has 3 aromatic rings. The SMILES string of the molecule is [O-][Cl+3]([O-])([O-])[O-].c1ccc(C23c4ccccc4C[S+]2Cc2ccccc23)cc1. The molecule has 0 fully saturated rings. The Bertz CT molecular complexity index is 900. The standard InChI is InChI=1S/C21H17S.ClHO4/c1-2-10-18(11-3-1)21-19-12-6-4-8-16(19)14-22(21)15-17-9-5-7-13-20(17)21;2-1(3,4)5/h1-13H,14-15H2;(H,2,3,4,5)/q+1;/p-1. The molecular formula is C21H17ClO4S. The van der Waals surface area contributed by atoms with Crippen molar-refractivity contribution < 1.29 is 28.9 Å². The van der Waals surface area contributed by atoms with Gasteiger partial charge in [0, 0.05) is 38.7 Å². The second-order valence-corrected chi connectivity index (χ2v) is 9.45. The molecule has 2 aliphatic rings. The maximum Gasteiger partial charge on any atom is 0.204 e. The number of hydrogen-bond donors (Lipinski definition) is 0. The van der Waals surface area contributed by atoms with Crippen LogP contribution in [0.3, 0.4) is 0 Å². The van der Waals surface area contributed by atoms with Crippen molar-refractivity contribution in [2.24, 2.45) is 0 Å². The lowest BCUT2D eigenvalue weighted by molar-refractivity contribution is -2.00. The molecule has 0 amide bonds. The third-order valence-electron chi connectivity index (χ3n) is 5.07. The topological polar surface area (TPSA) is 92.2 Å². The van der Waals surface area contributed by atoms with Gasteiger partial charge in [-0.3, -0.25) is 0 Å². The molecule has 4 nitrogen and oxygen atoms in total. The lowest BCUT2D eigenvalue weighted by Gasteiger charge is -2.25. The van der Waals surface area contributed by atoms with Crippen LogP contribution in [-0.2, 0) is 27.1 Å². The van der Waals surface area contributed by atoms with Crippen molar-refractivity contribution in [2.45, 2.75) is 16.3 Å².